The molecule has 23 heavy (non-hydrogen) atoms. The van der Waals surface area contributed by atoms with Crippen LogP contribution in [-0.4, -0.2) is 38.0 Å². The van der Waals surface area contributed by atoms with E-state index in [-0.39, 0.29) is 11.8 Å². The molecule has 0 unspecified atom stereocenters. The molecule has 5 heteroatoms. The molecule has 0 radical (unpaired) electrons. The Morgan fingerprint density at radius 1 is 1.09 bits per heavy atom. The number of quaternary nitrogens is 1. The quantitative estimate of drug-likeness (QED) is 0.858. The maximum absolute atomic E-state index is 12.1. The molecular formula is C18H26N3O2+. The second-order valence-electron chi connectivity index (χ2n) is 6.55. The van der Waals surface area contributed by atoms with E-state index >= 15 is 0 Å². The Bertz CT molecular complexity index is 550. The monoisotopic (exact) mass is 316 g/mol. The SMILES string of the molecule is O=C(CC[NH+]1CCCCC1)Nc1ccc(N2CCCC2=O)cc1. The predicted octanol–water partition coefficient (Wildman–Crippen LogP) is 1.21. The van der Waals surface area contributed by atoms with Crippen molar-refractivity contribution in [3.05, 3.63) is 24.3 Å². The molecule has 0 bridgehead atoms. The van der Waals surface area contributed by atoms with Crippen molar-refractivity contribution in [3.63, 3.8) is 0 Å². The summed E-state index contributed by atoms with van der Waals surface area (Å²) in [6.07, 6.45) is 6.04. The first-order valence-corrected chi connectivity index (χ1v) is 8.76. The smallest absolute Gasteiger partial charge is 0.230 e. The molecule has 3 rings (SSSR count). The zero-order valence-corrected chi connectivity index (χ0v) is 13.6. The number of likely N-dealkylation sites (tertiary alicyclic amines) is 1. The van der Waals surface area contributed by atoms with Crippen molar-refractivity contribution in [1.29, 1.82) is 0 Å². The van der Waals surface area contributed by atoms with Crippen molar-refractivity contribution >= 4 is 23.2 Å². The molecule has 0 aliphatic carbocycles. The van der Waals surface area contributed by atoms with Crippen LogP contribution < -0.4 is 15.1 Å². The number of hydrogen-bond acceptors (Lipinski definition) is 2. The van der Waals surface area contributed by atoms with E-state index in [9.17, 15) is 9.59 Å². The van der Waals surface area contributed by atoms with Crippen LogP contribution >= 0.6 is 0 Å². The Kier molecular flexibility index (Phi) is 5.28. The van der Waals surface area contributed by atoms with Crippen LogP contribution in [0.1, 0.15) is 38.5 Å². The number of benzene rings is 1. The first kappa shape index (κ1) is 16.0. The van der Waals surface area contributed by atoms with Crippen LogP contribution in [-0.2, 0) is 9.59 Å². The lowest BCUT2D eigenvalue weighted by molar-refractivity contribution is -0.904. The molecule has 0 aromatic heterocycles. The molecule has 0 atom stereocenters. The van der Waals surface area contributed by atoms with Crippen LogP contribution in [0.3, 0.4) is 0 Å². The van der Waals surface area contributed by atoms with Crippen molar-refractivity contribution in [3.8, 4) is 0 Å². The summed E-state index contributed by atoms with van der Waals surface area (Å²) in [6.45, 7) is 4.12. The maximum atomic E-state index is 12.1. The maximum Gasteiger partial charge on any atom is 0.230 e. The molecular weight excluding hydrogens is 290 g/mol. The average molecular weight is 316 g/mol. The fourth-order valence-electron chi connectivity index (χ4n) is 3.46. The number of carbonyl (C=O) groups is 2. The molecule has 5 nitrogen and oxygen atoms in total. The number of carbonyl (C=O) groups excluding carboxylic acids is 2. The number of hydrogen-bond donors (Lipinski definition) is 2. The zero-order valence-electron chi connectivity index (χ0n) is 13.6. The number of nitrogens with one attached hydrogen (secondary N) is 2. The van der Waals surface area contributed by atoms with Gasteiger partial charge in [-0.2, -0.15) is 0 Å². The van der Waals surface area contributed by atoms with E-state index in [0.29, 0.717) is 12.8 Å². The van der Waals surface area contributed by atoms with Gasteiger partial charge < -0.3 is 15.1 Å². The van der Waals surface area contributed by atoms with Crippen LogP contribution in [0.2, 0.25) is 0 Å². The average Bonchev–Trinajstić information content (AvgIpc) is 3.01. The molecule has 2 saturated heterocycles. The van der Waals surface area contributed by atoms with Crippen LogP contribution in [0, 0.1) is 0 Å². The lowest BCUT2D eigenvalue weighted by atomic mass is 10.1. The Hall–Kier alpha value is -1.88. The Morgan fingerprint density at radius 2 is 1.83 bits per heavy atom. The molecule has 0 spiro atoms. The van der Waals surface area contributed by atoms with Crippen molar-refractivity contribution in [1.82, 2.24) is 0 Å². The molecule has 124 valence electrons. The highest BCUT2D eigenvalue weighted by atomic mass is 16.2. The van der Waals surface area contributed by atoms with Crippen LogP contribution in [0.5, 0.6) is 0 Å². The van der Waals surface area contributed by atoms with Gasteiger partial charge in [0, 0.05) is 24.3 Å². The molecule has 1 aromatic carbocycles. The van der Waals surface area contributed by atoms with Gasteiger partial charge in [0.1, 0.15) is 0 Å². The Morgan fingerprint density at radius 3 is 2.48 bits per heavy atom. The summed E-state index contributed by atoms with van der Waals surface area (Å²) in [5.74, 6) is 0.263. The minimum Gasteiger partial charge on any atom is -0.335 e. The zero-order chi connectivity index (χ0) is 16.1. The first-order chi connectivity index (χ1) is 11.2. The van der Waals surface area contributed by atoms with Crippen molar-refractivity contribution in [2.45, 2.75) is 38.5 Å². The minimum atomic E-state index is 0.0769. The molecule has 2 fully saturated rings. The highest BCUT2D eigenvalue weighted by molar-refractivity contribution is 5.96. The summed E-state index contributed by atoms with van der Waals surface area (Å²) in [7, 11) is 0. The lowest BCUT2D eigenvalue weighted by Gasteiger charge is -2.23. The van der Waals surface area contributed by atoms with E-state index in [2.05, 4.69) is 5.32 Å². The fourth-order valence-corrected chi connectivity index (χ4v) is 3.46. The van der Waals surface area contributed by atoms with Gasteiger partial charge >= 0.3 is 0 Å². The van der Waals surface area contributed by atoms with E-state index in [1.54, 1.807) is 4.90 Å². The highest BCUT2D eigenvalue weighted by Gasteiger charge is 2.21. The number of rotatable bonds is 5. The summed E-state index contributed by atoms with van der Waals surface area (Å²) in [4.78, 5) is 27.1. The summed E-state index contributed by atoms with van der Waals surface area (Å²) < 4.78 is 0. The number of anilines is 2. The van der Waals surface area contributed by atoms with Gasteiger partial charge in [-0.1, -0.05) is 0 Å². The highest BCUT2D eigenvalue weighted by Crippen LogP contribution is 2.22. The third-order valence-electron chi connectivity index (χ3n) is 4.80. The van der Waals surface area contributed by atoms with Crippen molar-refractivity contribution in [2.75, 3.05) is 36.4 Å². The summed E-state index contributed by atoms with van der Waals surface area (Å²) in [5.41, 5.74) is 1.72. The number of nitrogens with zero attached hydrogens (tertiary/aromatic N) is 1. The molecule has 2 N–H and O–H groups in total. The first-order valence-electron chi connectivity index (χ1n) is 8.76. The number of amides is 2. The van der Waals surface area contributed by atoms with E-state index < -0.39 is 0 Å². The van der Waals surface area contributed by atoms with Gasteiger partial charge in [0.25, 0.3) is 0 Å². The second-order valence-corrected chi connectivity index (χ2v) is 6.55. The second kappa shape index (κ2) is 7.59. The van der Waals surface area contributed by atoms with Gasteiger partial charge in [-0.3, -0.25) is 9.59 Å². The largest absolute Gasteiger partial charge is 0.335 e. The van der Waals surface area contributed by atoms with Crippen LogP contribution in [0.4, 0.5) is 11.4 Å². The third-order valence-corrected chi connectivity index (χ3v) is 4.80. The van der Waals surface area contributed by atoms with Gasteiger partial charge in [0.15, 0.2) is 0 Å². The van der Waals surface area contributed by atoms with E-state index in [0.717, 1.165) is 30.9 Å². The summed E-state index contributed by atoms with van der Waals surface area (Å²) in [6, 6.07) is 7.59. The van der Waals surface area contributed by atoms with E-state index in [4.69, 9.17) is 0 Å². The number of piperidine rings is 1. The summed E-state index contributed by atoms with van der Waals surface area (Å²) in [5, 5.41) is 2.95. The molecule has 1 aromatic rings. The lowest BCUT2D eigenvalue weighted by Crippen LogP contribution is -3.12. The molecule has 0 saturated carbocycles. The normalized spacial score (nSPS) is 19.1. The van der Waals surface area contributed by atoms with Gasteiger partial charge in [-0.05, 0) is 49.9 Å². The van der Waals surface area contributed by atoms with Crippen molar-refractivity contribution < 1.29 is 14.5 Å². The predicted molar refractivity (Wildman–Crippen MR) is 90.7 cm³/mol. The van der Waals surface area contributed by atoms with Crippen LogP contribution in [0.25, 0.3) is 0 Å². The minimum absolute atomic E-state index is 0.0769. The summed E-state index contributed by atoms with van der Waals surface area (Å²) >= 11 is 0. The van der Waals surface area contributed by atoms with Gasteiger partial charge in [-0.25, -0.2) is 0 Å². The van der Waals surface area contributed by atoms with Gasteiger partial charge in [-0.15, -0.1) is 0 Å². The molecule has 2 aliphatic heterocycles. The molecule has 2 heterocycles. The Balaban J connectivity index is 1.47. The fraction of sp³-hybridized carbons (Fsp3) is 0.556. The van der Waals surface area contributed by atoms with Crippen molar-refractivity contribution in [2.24, 2.45) is 0 Å². The van der Waals surface area contributed by atoms with Gasteiger partial charge in [0.2, 0.25) is 11.8 Å². The van der Waals surface area contributed by atoms with E-state index in [1.165, 1.54) is 32.4 Å². The van der Waals surface area contributed by atoms with Gasteiger partial charge in [0.05, 0.1) is 26.1 Å². The topological polar surface area (TPSA) is 53.9 Å². The van der Waals surface area contributed by atoms with E-state index in [1.807, 2.05) is 29.2 Å². The third kappa shape index (κ3) is 4.32. The molecule has 2 aliphatic rings. The standard InChI is InChI=1S/C18H25N3O2/c22-17(10-14-20-11-2-1-3-12-20)19-15-6-8-16(9-7-15)21-13-4-5-18(21)23/h6-9H,1-5,10-14H2,(H,19,22)/p+1. The molecule has 2 amide bonds. The van der Waals surface area contributed by atoms with Crippen LogP contribution in [0.15, 0.2) is 24.3 Å². The Labute approximate surface area is 137 Å².